The first kappa shape index (κ1) is 14.9. The molecule has 1 aromatic heterocycles. The van der Waals surface area contributed by atoms with Crippen LogP contribution in [0.4, 0.5) is 0 Å². The number of hydrogen-bond acceptors (Lipinski definition) is 3. The number of halogens is 3. The highest BCUT2D eigenvalue weighted by molar-refractivity contribution is 6.41. The van der Waals surface area contributed by atoms with E-state index in [2.05, 4.69) is 11.1 Å². The molecular formula is C14H9Cl3N2O. The lowest BCUT2D eigenvalue weighted by Gasteiger charge is -2.12. The Balaban J connectivity index is 2.66. The van der Waals surface area contributed by atoms with Crippen molar-refractivity contribution >= 4 is 34.8 Å². The Morgan fingerprint density at radius 2 is 1.85 bits per heavy atom. The predicted molar refractivity (Wildman–Crippen MR) is 80.6 cm³/mol. The van der Waals surface area contributed by atoms with Crippen LogP contribution in [0.15, 0.2) is 24.4 Å². The van der Waals surface area contributed by atoms with Crippen molar-refractivity contribution in [3.63, 3.8) is 0 Å². The molecule has 20 heavy (non-hydrogen) atoms. The van der Waals surface area contributed by atoms with E-state index in [1.807, 2.05) is 0 Å². The maximum absolute atomic E-state index is 8.94. The van der Waals surface area contributed by atoms with Crippen molar-refractivity contribution in [2.24, 2.45) is 0 Å². The van der Waals surface area contributed by atoms with Gasteiger partial charge in [-0.15, -0.1) is 0 Å². The van der Waals surface area contributed by atoms with Gasteiger partial charge in [0.05, 0.1) is 29.6 Å². The largest absolute Gasteiger partial charge is 0.481 e. The Morgan fingerprint density at radius 1 is 1.20 bits per heavy atom. The molecule has 0 amide bonds. The first-order valence-electron chi connectivity index (χ1n) is 5.61. The number of methoxy groups -OCH3 is 1. The van der Waals surface area contributed by atoms with Gasteiger partial charge in [-0.25, -0.2) is 4.98 Å². The van der Waals surface area contributed by atoms with Crippen molar-refractivity contribution in [2.45, 2.75) is 6.42 Å². The van der Waals surface area contributed by atoms with Gasteiger partial charge in [0.25, 0.3) is 0 Å². The Hall–Kier alpha value is -1.47. The van der Waals surface area contributed by atoms with E-state index < -0.39 is 0 Å². The van der Waals surface area contributed by atoms with Crippen LogP contribution in [0.5, 0.6) is 5.88 Å². The second kappa shape index (κ2) is 6.32. The zero-order chi connectivity index (χ0) is 14.7. The van der Waals surface area contributed by atoms with Crippen LogP contribution in [-0.2, 0) is 6.42 Å². The molecule has 102 valence electrons. The zero-order valence-corrected chi connectivity index (χ0v) is 12.7. The fraction of sp³-hybridized carbons (Fsp3) is 0.143. The van der Waals surface area contributed by atoms with Crippen LogP contribution in [0.1, 0.15) is 5.56 Å². The third-order valence-corrected chi connectivity index (χ3v) is 3.53. The molecule has 0 atom stereocenters. The summed E-state index contributed by atoms with van der Waals surface area (Å²) in [5, 5.41) is 10.2. The number of aromatic nitrogens is 1. The van der Waals surface area contributed by atoms with E-state index in [1.165, 1.54) is 7.11 Å². The molecule has 0 N–H and O–H groups in total. The Bertz CT molecular complexity index is 672. The summed E-state index contributed by atoms with van der Waals surface area (Å²) >= 11 is 18.3. The summed E-state index contributed by atoms with van der Waals surface area (Å²) in [4.78, 5) is 4.14. The van der Waals surface area contributed by atoms with Crippen LogP contribution in [0.25, 0.3) is 11.1 Å². The van der Waals surface area contributed by atoms with Gasteiger partial charge < -0.3 is 4.74 Å². The number of ether oxygens (including phenoxy) is 1. The SMILES string of the molecule is COc1cc(CC#N)c(-c2c(Cl)cc(Cl)cc2Cl)cn1. The quantitative estimate of drug-likeness (QED) is 0.814. The van der Waals surface area contributed by atoms with E-state index in [0.717, 1.165) is 5.56 Å². The average molecular weight is 328 g/mol. The van der Waals surface area contributed by atoms with E-state index in [-0.39, 0.29) is 6.42 Å². The van der Waals surface area contributed by atoms with Gasteiger partial charge >= 0.3 is 0 Å². The molecule has 0 fully saturated rings. The number of benzene rings is 1. The number of nitrogens with zero attached hydrogens (tertiary/aromatic N) is 2. The van der Waals surface area contributed by atoms with E-state index in [1.54, 1.807) is 24.4 Å². The normalized spacial score (nSPS) is 10.2. The number of nitriles is 1. The van der Waals surface area contributed by atoms with Gasteiger partial charge in [-0.3, -0.25) is 0 Å². The van der Waals surface area contributed by atoms with Crippen LogP contribution in [0.2, 0.25) is 15.1 Å². The maximum atomic E-state index is 8.94. The highest BCUT2D eigenvalue weighted by Gasteiger charge is 2.15. The minimum Gasteiger partial charge on any atom is -0.481 e. The van der Waals surface area contributed by atoms with Gasteiger partial charge in [0.1, 0.15) is 0 Å². The number of pyridine rings is 1. The summed E-state index contributed by atoms with van der Waals surface area (Å²) in [7, 11) is 1.51. The molecule has 1 aromatic carbocycles. The van der Waals surface area contributed by atoms with E-state index in [4.69, 9.17) is 44.8 Å². The fourth-order valence-corrected chi connectivity index (χ4v) is 2.86. The van der Waals surface area contributed by atoms with Crippen LogP contribution in [0.3, 0.4) is 0 Å². The van der Waals surface area contributed by atoms with Gasteiger partial charge in [0.2, 0.25) is 5.88 Å². The van der Waals surface area contributed by atoms with Crippen LogP contribution in [0, 0.1) is 11.3 Å². The van der Waals surface area contributed by atoms with Crippen molar-refractivity contribution in [1.82, 2.24) is 4.98 Å². The Labute approximate surface area is 131 Å². The van der Waals surface area contributed by atoms with Gasteiger partial charge in [-0.05, 0) is 17.7 Å². The average Bonchev–Trinajstić information content (AvgIpc) is 2.39. The lowest BCUT2D eigenvalue weighted by atomic mass is 10.00. The lowest BCUT2D eigenvalue weighted by Crippen LogP contribution is -1.95. The van der Waals surface area contributed by atoms with Gasteiger partial charge in [-0.2, -0.15) is 5.26 Å². The Morgan fingerprint density at radius 3 is 2.40 bits per heavy atom. The van der Waals surface area contributed by atoms with Crippen molar-refractivity contribution < 1.29 is 4.74 Å². The van der Waals surface area contributed by atoms with Gasteiger partial charge in [0.15, 0.2) is 0 Å². The van der Waals surface area contributed by atoms with Crippen molar-refractivity contribution in [3.05, 3.63) is 45.0 Å². The summed E-state index contributed by atoms with van der Waals surface area (Å²) < 4.78 is 5.06. The molecule has 0 unspecified atom stereocenters. The van der Waals surface area contributed by atoms with Crippen molar-refractivity contribution in [2.75, 3.05) is 7.11 Å². The van der Waals surface area contributed by atoms with Crippen LogP contribution in [-0.4, -0.2) is 12.1 Å². The van der Waals surface area contributed by atoms with E-state index in [9.17, 15) is 0 Å². The van der Waals surface area contributed by atoms with E-state index >= 15 is 0 Å². The van der Waals surface area contributed by atoms with Crippen LogP contribution >= 0.6 is 34.8 Å². The molecule has 0 aliphatic rings. The molecule has 2 aromatic rings. The molecule has 2 rings (SSSR count). The number of rotatable bonds is 3. The summed E-state index contributed by atoms with van der Waals surface area (Å²) in [5.74, 6) is 0.431. The Kier molecular flexibility index (Phi) is 4.72. The first-order valence-corrected chi connectivity index (χ1v) is 6.75. The molecular weight excluding hydrogens is 319 g/mol. The zero-order valence-electron chi connectivity index (χ0n) is 10.5. The summed E-state index contributed by atoms with van der Waals surface area (Å²) in [6.45, 7) is 0. The van der Waals surface area contributed by atoms with Crippen LogP contribution < -0.4 is 4.74 Å². The molecule has 0 bridgehead atoms. The van der Waals surface area contributed by atoms with Crippen molar-refractivity contribution in [1.29, 1.82) is 5.26 Å². The van der Waals surface area contributed by atoms with Gasteiger partial charge in [-0.1, -0.05) is 34.8 Å². The lowest BCUT2D eigenvalue weighted by molar-refractivity contribution is 0.397. The fourth-order valence-electron chi connectivity index (χ4n) is 1.84. The minimum absolute atomic E-state index is 0.198. The second-order valence-electron chi connectivity index (χ2n) is 3.96. The highest BCUT2D eigenvalue weighted by atomic mass is 35.5. The third kappa shape index (κ3) is 2.99. The van der Waals surface area contributed by atoms with Crippen molar-refractivity contribution in [3.8, 4) is 23.1 Å². The van der Waals surface area contributed by atoms with E-state index in [0.29, 0.717) is 32.1 Å². The molecule has 6 heteroatoms. The molecule has 0 aliphatic carbocycles. The smallest absolute Gasteiger partial charge is 0.213 e. The predicted octanol–water partition coefficient (Wildman–Crippen LogP) is 4.78. The number of hydrogen-bond donors (Lipinski definition) is 0. The first-order chi connectivity index (χ1) is 9.56. The summed E-state index contributed by atoms with van der Waals surface area (Å²) in [5.41, 5.74) is 2.04. The van der Waals surface area contributed by atoms with Gasteiger partial charge in [0, 0.05) is 28.4 Å². The highest BCUT2D eigenvalue weighted by Crippen LogP contribution is 2.39. The molecule has 0 saturated carbocycles. The minimum atomic E-state index is 0.198. The molecule has 3 nitrogen and oxygen atoms in total. The molecule has 0 saturated heterocycles. The standard InChI is InChI=1S/C14H9Cl3N2O/c1-20-13-4-8(2-3-18)10(7-19-13)14-11(16)5-9(15)6-12(14)17/h4-7H,2H2,1H3. The summed E-state index contributed by atoms with van der Waals surface area (Å²) in [6, 6.07) is 7.00. The maximum Gasteiger partial charge on any atom is 0.213 e. The second-order valence-corrected chi connectivity index (χ2v) is 5.21. The third-order valence-electron chi connectivity index (χ3n) is 2.72. The molecule has 1 heterocycles. The topological polar surface area (TPSA) is 45.9 Å². The summed E-state index contributed by atoms with van der Waals surface area (Å²) in [6.07, 6.45) is 1.79. The molecule has 0 spiro atoms. The molecule has 0 aliphatic heterocycles. The molecule has 0 radical (unpaired) electrons. The monoisotopic (exact) mass is 326 g/mol.